The highest BCUT2D eigenvalue weighted by Gasteiger charge is 2.31. The normalized spacial score (nSPS) is 13.8. The smallest absolute Gasteiger partial charge is 0.314 e. The monoisotopic (exact) mass is 287 g/mol. The van der Waals surface area contributed by atoms with Crippen LogP contribution in [0.2, 0.25) is 0 Å². The number of rotatable bonds is 10. The molecule has 6 nitrogen and oxygen atoms in total. The molecule has 1 unspecified atom stereocenters. The van der Waals surface area contributed by atoms with Gasteiger partial charge in [-0.2, -0.15) is 0 Å². The minimum atomic E-state index is -0.908. The zero-order valence-corrected chi connectivity index (χ0v) is 13.2. The maximum Gasteiger partial charge on any atom is 0.314 e. The van der Waals surface area contributed by atoms with Crippen LogP contribution < -0.4 is 10.6 Å². The van der Waals surface area contributed by atoms with Crippen molar-refractivity contribution in [3.05, 3.63) is 0 Å². The van der Waals surface area contributed by atoms with Gasteiger partial charge in [-0.25, -0.2) is 4.79 Å². The summed E-state index contributed by atoms with van der Waals surface area (Å²) in [4.78, 5) is 25.0. The lowest BCUT2D eigenvalue weighted by molar-refractivity contribution is -0.147. The van der Waals surface area contributed by atoms with Crippen LogP contribution >= 0.6 is 0 Å². The molecule has 20 heavy (non-hydrogen) atoms. The van der Waals surface area contributed by atoms with Crippen molar-refractivity contribution in [1.82, 2.24) is 15.5 Å². The maximum absolute atomic E-state index is 11.6. The lowest BCUT2D eigenvalue weighted by atomic mass is 9.88. The van der Waals surface area contributed by atoms with E-state index < -0.39 is 11.4 Å². The van der Waals surface area contributed by atoms with Gasteiger partial charge in [0, 0.05) is 19.6 Å². The molecule has 0 spiro atoms. The van der Waals surface area contributed by atoms with Gasteiger partial charge >= 0.3 is 12.0 Å². The number of urea groups is 1. The number of carboxylic acid groups (broad SMARTS) is 1. The summed E-state index contributed by atoms with van der Waals surface area (Å²) in [5.41, 5.74) is -0.908. The summed E-state index contributed by atoms with van der Waals surface area (Å²) in [5.74, 6) is -0.889. The van der Waals surface area contributed by atoms with E-state index in [1.165, 1.54) is 0 Å². The topological polar surface area (TPSA) is 81.7 Å². The quantitative estimate of drug-likeness (QED) is 0.569. The van der Waals surface area contributed by atoms with E-state index in [9.17, 15) is 9.59 Å². The molecule has 0 aliphatic heterocycles. The number of nitrogens with one attached hydrogen (secondary N) is 2. The van der Waals surface area contributed by atoms with Crippen LogP contribution in [0.5, 0.6) is 0 Å². The van der Waals surface area contributed by atoms with Crippen molar-refractivity contribution < 1.29 is 14.7 Å². The molecule has 0 fully saturated rings. The van der Waals surface area contributed by atoms with Gasteiger partial charge in [-0.3, -0.25) is 4.79 Å². The van der Waals surface area contributed by atoms with Gasteiger partial charge in [0.15, 0.2) is 0 Å². The van der Waals surface area contributed by atoms with E-state index in [-0.39, 0.29) is 12.6 Å². The number of amides is 2. The molecule has 3 N–H and O–H groups in total. The fraction of sp³-hybridized carbons (Fsp3) is 0.857. The van der Waals surface area contributed by atoms with E-state index in [2.05, 4.69) is 29.4 Å². The van der Waals surface area contributed by atoms with Gasteiger partial charge in [0.25, 0.3) is 0 Å². The van der Waals surface area contributed by atoms with Crippen LogP contribution in [0.1, 0.15) is 40.5 Å². The number of aliphatic carboxylic acids is 1. The van der Waals surface area contributed by atoms with Crippen LogP contribution in [0.15, 0.2) is 0 Å². The van der Waals surface area contributed by atoms with Crippen LogP contribution in [0.25, 0.3) is 0 Å². The van der Waals surface area contributed by atoms with Gasteiger partial charge in [0.05, 0.1) is 5.41 Å². The maximum atomic E-state index is 11.6. The van der Waals surface area contributed by atoms with Crippen molar-refractivity contribution >= 4 is 12.0 Å². The molecule has 0 saturated carbocycles. The summed E-state index contributed by atoms with van der Waals surface area (Å²) in [7, 11) is 0. The van der Waals surface area contributed by atoms with Crippen molar-refractivity contribution in [3.8, 4) is 0 Å². The van der Waals surface area contributed by atoms with Crippen molar-refractivity contribution in [2.24, 2.45) is 5.41 Å². The second kappa shape index (κ2) is 9.58. The Balaban J connectivity index is 3.97. The molecule has 0 heterocycles. The fourth-order valence-electron chi connectivity index (χ4n) is 1.76. The first-order valence-electron chi connectivity index (χ1n) is 7.37. The molecule has 0 saturated heterocycles. The number of carbonyl (C=O) groups is 2. The summed E-state index contributed by atoms with van der Waals surface area (Å²) in [6.07, 6.45) is 1.57. The third-order valence-corrected chi connectivity index (χ3v) is 3.64. The Morgan fingerprint density at radius 2 is 1.80 bits per heavy atom. The van der Waals surface area contributed by atoms with Gasteiger partial charge in [-0.15, -0.1) is 0 Å². The first kappa shape index (κ1) is 18.7. The first-order valence-corrected chi connectivity index (χ1v) is 7.37. The fourth-order valence-corrected chi connectivity index (χ4v) is 1.76. The largest absolute Gasteiger partial charge is 0.481 e. The number of likely N-dealkylation sites (N-methyl/N-ethyl adjacent to an activating group) is 1. The molecule has 0 bridgehead atoms. The van der Waals surface area contributed by atoms with Gasteiger partial charge < -0.3 is 20.6 Å². The van der Waals surface area contributed by atoms with Crippen LogP contribution in [-0.2, 0) is 4.79 Å². The number of carbonyl (C=O) groups excluding carboxylic acids is 1. The van der Waals surface area contributed by atoms with E-state index in [1.54, 1.807) is 13.8 Å². The zero-order valence-electron chi connectivity index (χ0n) is 13.2. The minimum Gasteiger partial charge on any atom is -0.481 e. The number of carboxylic acids is 1. The second-order valence-corrected chi connectivity index (χ2v) is 5.26. The Bertz CT molecular complexity index is 310. The van der Waals surface area contributed by atoms with E-state index in [0.29, 0.717) is 13.0 Å². The molecule has 0 aromatic carbocycles. The van der Waals surface area contributed by atoms with Crippen molar-refractivity contribution in [1.29, 1.82) is 0 Å². The van der Waals surface area contributed by atoms with Gasteiger partial charge in [0.2, 0.25) is 0 Å². The van der Waals surface area contributed by atoms with Crippen LogP contribution in [-0.4, -0.2) is 54.7 Å². The SMILES string of the molecule is CCCN(CC)CCNC(=O)NCC(C)(CC)C(=O)O. The molecule has 0 radical (unpaired) electrons. The van der Waals surface area contributed by atoms with Crippen molar-refractivity contribution in [2.75, 3.05) is 32.7 Å². The van der Waals surface area contributed by atoms with Crippen LogP contribution in [0.4, 0.5) is 4.79 Å². The van der Waals surface area contributed by atoms with E-state index in [0.717, 1.165) is 26.1 Å². The van der Waals surface area contributed by atoms with Gasteiger partial charge in [-0.05, 0) is 32.9 Å². The van der Waals surface area contributed by atoms with Crippen LogP contribution in [0, 0.1) is 5.41 Å². The van der Waals surface area contributed by atoms with Crippen molar-refractivity contribution in [2.45, 2.75) is 40.5 Å². The average molecular weight is 287 g/mol. The minimum absolute atomic E-state index is 0.136. The molecule has 0 aliphatic rings. The van der Waals surface area contributed by atoms with Gasteiger partial charge in [-0.1, -0.05) is 20.8 Å². The van der Waals surface area contributed by atoms with E-state index in [4.69, 9.17) is 5.11 Å². The average Bonchev–Trinajstić information content (AvgIpc) is 2.43. The summed E-state index contributed by atoms with van der Waals surface area (Å²) in [6.45, 7) is 11.1. The zero-order chi connectivity index (χ0) is 15.6. The van der Waals surface area contributed by atoms with Crippen LogP contribution in [0.3, 0.4) is 0 Å². The number of nitrogens with zero attached hydrogens (tertiary/aromatic N) is 1. The lowest BCUT2D eigenvalue weighted by Gasteiger charge is -2.24. The summed E-state index contributed by atoms with van der Waals surface area (Å²) in [5, 5.41) is 14.5. The lowest BCUT2D eigenvalue weighted by Crippen LogP contribution is -2.46. The molecule has 0 rings (SSSR count). The standard InChI is InChI=1S/C14H29N3O3/c1-5-9-17(7-3)10-8-15-13(20)16-11-14(4,6-2)12(18)19/h5-11H2,1-4H3,(H,18,19)(H2,15,16,20). The van der Waals surface area contributed by atoms with E-state index >= 15 is 0 Å². The van der Waals surface area contributed by atoms with Gasteiger partial charge in [0.1, 0.15) is 0 Å². The Labute approximate surface area is 121 Å². The highest BCUT2D eigenvalue weighted by atomic mass is 16.4. The molecule has 0 aliphatic carbocycles. The Kier molecular flexibility index (Phi) is 8.96. The molecule has 2 amide bonds. The van der Waals surface area contributed by atoms with E-state index in [1.807, 2.05) is 0 Å². The second-order valence-electron chi connectivity index (χ2n) is 5.26. The highest BCUT2D eigenvalue weighted by Crippen LogP contribution is 2.19. The number of hydrogen-bond acceptors (Lipinski definition) is 3. The molecular weight excluding hydrogens is 258 g/mol. The first-order chi connectivity index (χ1) is 9.39. The predicted molar refractivity (Wildman–Crippen MR) is 79.8 cm³/mol. The Morgan fingerprint density at radius 3 is 2.25 bits per heavy atom. The molecular formula is C14H29N3O3. The molecule has 0 aromatic heterocycles. The third kappa shape index (κ3) is 6.75. The summed E-state index contributed by atoms with van der Waals surface area (Å²) < 4.78 is 0. The molecule has 118 valence electrons. The number of hydrogen-bond donors (Lipinski definition) is 3. The Hall–Kier alpha value is -1.30. The van der Waals surface area contributed by atoms with Crippen molar-refractivity contribution in [3.63, 3.8) is 0 Å². The molecule has 0 aromatic rings. The third-order valence-electron chi connectivity index (χ3n) is 3.64. The summed E-state index contributed by atoms with van der Waals surface area (Å²) in [6, 6.07) is -0.307. The molecule has 1 atom stereocenters. The highest BCUT2D eigenvalue weighted by molar-refractivity contribution is 5.77. The Morgan fingerprint density at radius 1 is 1.15 bits per heavy atom. The predicted octanol–water partition coefficient (Wildman–Crippen LogP) is 1.52. The summed E-state index contributed by atoms with van der Waals surface area (Å²) >= 11 is 0. The molecule has 6 heteroatoms.